The second kappa shape index (κ2) is 6.80. The average molecular weight is 352 g/mol. The van der Waals surface area contributed by atoms with Crippen LogP contribution in [0.15, 0.2) is 48.1 Å². The van der Waals surface area contributed by atoms with Crippen molar-refractivity contribution in [3.63, 3.8) is 0 Å². The molecule has 3 aromatic rings. The zero-order chi connectivity index (χ0) is 16.2. The molecule has 8 heteroatoms. The lowest BCUT2D eigenvalue weighted by Crippen LogP contribution is -2.09. The minimum absolute atomic E-state index is 0.0836. The van der Waals surface area contributed by atoms with Crippen LogP contribution in [0.4, 0.5) is 10.1 Å². The van der Waals surface area contributed by atoms with E-state index in [4.69, 9.17) is 16.3 Å². The van der Waals surface area contributed by atoms with Crippen molar-refractivity contribution in [2.24, 2.45) is 0 Å². The lowest BCUT2D eigenvalue weighted by molar-refractivity contribution is 0.103. The van der Waals surface area contributed by atoms with Gasteiger partial charge < -0.3 is 10.1 Å². The van der Waals surface area contributed by atoms with Crippen LogP contribution in [-0.4, -0.2) is 15.7 Å². The number of hydrogen-bond acceptors (Lipinski definition) is 4. The first-order valence-electron chi connectivity index (χ1n) is 6.57. The molecule has 1 N–H and O–H groups in total. The number of nitrogens with one attached hydrogen (secondary N) is 1. The Kier molecular flexibility index (Phi) is 4.59. The quantitative estimate of drug-likeness (QED) is 0.755. The van der Waals surface area contributed by atoms with Gasteiger partial charge in [-0.3, -0.25) is 4.79 Å². The zero-order valence-electron chi connectivity index (χ0n) is 11.7. The minimum atomic E-state index is -0.431. The van der Waals surface area contributed by atoms with E-state index in [1.165, 1.54) is 40.4 Å². The molecule has 23 heavy (non-hydrogen) atoms. The van der Waals surface area contributed by atoms with Gasteiger partial charge in [0.05, 0.1) is 28.0 Å². The fourth-order valence-electron chi connectivity index (χ4n) is 1.83. The summed E-state index contributed by atoms with van der Waals surface area (Å²) in [5.41, 5.74) is 0.553. The molecule has 0 spiro atoms. The van der Waals surface area contributed by atoms with Gasteiger partial charge in [-0.05, 0) is 29.6 Å². The molecule has 0 saturated carbocycles. The van der Waals surface area contributed by atoms with Crippen LogP contribution in [0.2, 0.25) is 5.02 Å². The summed E-state index contributed by atoms with van der Waals surface area (Å²) < 4.78 is 19.9. The lowest BCUT2D eigenvalue weighted by Gasteiger charge is -2.07. The van der Waals surface area contributed by atoms with Crippen molar-refractivity contribution in [1.29, 1.82) is 0 Å². The molecule has 2 heterocycles. The molecule has 0 radical (unpaired) electrons. The number of ether oxygens (including phenoxy) is 1. The summed E-state index contributed by atoms with van der Waals surface area (Å²) in [6.07, 6.45) is 3.14. The third-order valence-electron chi connectivity index (χ3n) is 2.88. The number of carbonyl (C=O) groups is 1. The molecular formula is C15H11ClFN3O2S. The fourth-order valence-corrected chi connectivity index (χ4v) is 2.67. The topological polar surface area (TPSA) is 56.2 Å². The molecule has 5 nitrogen and oxygen atoms in total. The number of aromatic nitrogens is 2. The Morgan fingerprint density at radius 1 is 1.43 bits per heavy atom. The van der Waals surface area contributed by atoms with Crippen LogP contribution in [0.3, 0.4) is 0 Å². The monoisotopic (exact) mass is 351 g/mol. The van der Waals surface area contributed by atoms with E-state index in [2.05, 4.69) is 10.4 Å². The Balaban J connectivity index is 1.60. The predicted octanol–water partition coefficient (Wildman–Crippen LogP) is 4.03. The molecular weight excluding hydrogens is 341 g/mol. The van der Waals surface area contributed by atoms with Crippen molar-refractivity contribution in [3.8, 4) is 5.75 Å². The predicted molar refractivity (Wildman–Crippen MR) is 86.5 cm³/mol. The standard InChI is InChI=1S/C15H11ClFN3O2S/c16-12-6-10(17)3-4-13(12)22-9-20-8-11(7-18-20)19-15(21)14-2-1-5-23-14/h1-8H,9H2,(H,19,21). The van der Waals surface area contributed by atoms with Crippen LogP contribution in [0, 0.1) is 5.82 Å². The Bertz CT molecular complexity index is 820. The van der Waals surface area contributed by atoms with Gasteiger partial charge in [0.25, 0.3) is 5.91 Å². The zero-order valence-corrected chi connectivity index (χ0v) is 13.3. The van der Waals surface area contributed by atoms with Crippen LogP contribution in [0.5, 0.6) is 5.75 Å². The van der Waals surface area contributed by atoms with Crippen molar-refractivity contribution in [1.82, 2.24) is 9.78 Å². The van der Waals surface area contributed by atoms with E-state index in [1.807, 2.05) is 11.4 Å². The van der Waals surface area contributed by atoms with Gasteiger partial charge in [0, 0.05) is 0 Å². The van der Waals surface area contributed by atoms with Crippen LogP contribution in [-0.2, 0) is 6.73 Å². The minimum Gasteiger partial charge on any atom is -0.470 e. The summed E-state index contributed by atoms with van der Waals surface area (Å²) in [5, 5.41) is 8.83. The van der Waals surface area contributed by atoms with Gasteiger partial charge >= 0.3 is 0 Å². The van der Waals surface area contributed by atoms with Crippen LogP contribution >= 0.6 is 22.9 Å². The highest BCUT2D eigenvalue weighted by atomic mass is 35.5. The summed E-state index contributed by atoms with van der Waals surface area (Å²) in [4.78, 5) is 12.5. The molecule has 0 atom stereocenters. The molecule has 1 aromatic carbocycles. The molecule has 0 aliphatic rings. The highest BCUT2D eigenvalue weighted by Crippen LogP contribution is 2.25. The number of hydrogen-bond donors (Lipinski definition) is 1. The Morgan fingerprint density at radius 3 is 3.04 bits per heavy atom. The van der Waals surface area contributed by atoms with Gasteiger partial charge in [0.1, 0.15) is 11.6 Å². The number of thiophene rings is 1. The van der Waals surface area contributed by atoms with E-state index in [1.54, 1.807) is 12.3 Å². The molecule has 1 amide bonds. The molecule has 0 fully saturated rings. The first-order valence-corrected chi connectivity index (χ1v) is 7.83. The van der Waals surface area contributed by atoms with Crippen molar-refractivity contribution in [2.45, 2.75) is 6.73 Å². The van der Waals surface area contributed by atoms with E-state index in [9.17, 15) is 9.18 Å². The highest BCUT2D eigenvalue weighted by molar-refractivity contribution is 7.12. The molecule has 0 unspecified atom stereocenters. The van der Waals surface area contributed by atoms with Crippen LogP contribution < -0.4 is 10.1 Å². The number of carbonyl (C=O) groups excluding carboxylic acids is 1. The number of amides is 1. The summed E-state index contributed by atoms with van der Waals surface area (Å²) in [6, 6.07) is 7.43. The molecule has 3 rings (SSSR count). The summed E-state index contributed by atoms with van der Waals surface area (Å²) >= 11 is 7.23. The highest BCUT2D eigenvalue weighted by Gasteiger charge is 2.09. The van der Waals surface area contributed by atoms with E-state index in [-0.39, 0.29) is 17.7 Å². The molecule has 0 aliphatic heterocycles. The first-order chi connectivity index (χ1) is 11.1. The maximum atomic E-state index is 13.0. The number of nitrogens with zero attached hydrogens (tertiary/aromatic N) is 2. The van der Waals surface area contributed by atoms with E-state index < -0.39 is 5.82 Å². The van der Waals surface area contributed by atoms with E-state index in [0.29, 0.717) is 16.3 Å². The molecule has 0 aliphatic carbocycles. The number of benzene rings is 1. The first kappa shape index (κ1) is 15.5. The van der Waals surface area contributed by atoms with E-state index in [0.717, 1.165) is 0 Å². The molecule has 2 aromatic heterocycles. The number of halogens is 2. The fraction of sp³-hybridized carbons (Fsp3) is 0.0667. The van der Waals surface area contributed by atoms with Crippen molar-refractivity contribution < 1.29 is 13.9 Å². The van der Waals surface area contributed by atoms with Crippen molar-refractivity contribution in [3.05, 3.63) is 63.8 Å². The lowest BCUT2D eigenvalue weighted by atomic mass is 10.3. The van der Waals surface area contributed by atoms with Gasteiger partial charge in [-0.25, -0.2) is 9.07 Å². The third-order valence-corrected chi connectivity index (χ3v) is 4.05. The third kappa shape index (κ3) is 3.88. The maximum absolute atomic E-state index is 13.0. The Labute approximate surface area is 140 Å². The largest absolute Gasteiger partial charge is 0.470 e. The van der Waals surface area contributed by atoms with Crippen LogP contribution in [0.25, 0.3) is 0 Å². The van der Waals surface area contributed by atoms with Crippen molar-refractivity contribution in [2.75, 3.05) is 5.32 Å². The van der Waals surface area contributed by atoms with Gasteiger partial charge in [0.2, 0.25) is 0 Å². The normalized spacial score (nSPS) is 10.5. The van der Waals surface area contributed by atoms with Gasteiger partial charge in [0.15, 0.2) is 6.73 Å². The second-order valence-corrected chi connectivity index (χ2v) is 5.90. The second-order valence-electron chi connectivity index (χ2n) is 4.55. The molecule has 0 bridgehead atoms. The van der Waals surface area contributed by atoms with Gasteiger partial charge in [-0.1, -0.05) is 17.7 Å². The van der Waals surface area contributed by atoms with E-state index >= 15 is 0 Å². The maximum Gasteiger partial charge on any atom is 0.265 e. The molecule has 118 valence electrons. The number of anilines is 1. The van der Waals surface area contributed by atoms with Gasteiger partial charge in [-0.15, -0.1) is 11.3 Å². The smallest absolute Gasteiger partial charge is 0.265 e. The van der Waals surface area contributed by atoms with Crippen LogP contribution in [0.1, 0.15) is 9.67 Å². The SMILES string of the molecule is O=C(Nc1cnn(COc2ccc(F)cc2Cl)c1)c1cccs1. The number of rotatable bonds is 5. The average Bonchev–Trinajstić information content (AvgIpc) is 3.17. The summed E-state index contributed by atoms with van der Waals surface area (Å²) in [6.45, 7) is 0.0836. The Hall–Kier alpha value is -2.38. The van der Waals surface area contributed by atoms with Gasteiger partial charge in [-0.2, -0.15) is 5.10 Å². The molecule has 0 saturated heterocycles. The summed E-state index contributed by atoms with van der Waals surface area (Å²) in [7, 11) is 0. The summed E-state index contributed by atoms with van der Waals surface area (Å²) in [5.74, 6) is -0.269. The van der Waals surface area contributed by atoms with Crippen molar-refractivity contribution >= 4 is 34.5 Å². The Morgan fingerprint density at radius 2 is 2.30 bits per heavy atom.